The quantitative estimate of drug-likeness (QED) is 0.802. The second-order valence-electron chi connectivity index (χ2n) is 5.23. The minimum atomic E-state index is -0.784. The summed E-state index contributed by atoms with van der Waals surface area (Å²) in [5.41, 5.74) is -0.437. The summed E-state index contributed by atoms with van der Waals surface area (Å²) < 4.78 is 0.197. The SMILES string of the molecule is CC1(C=O)CCC2(CC1CC(=O)O)SCCS2. The Kier molecular flexibility index (Phi) is 3.78. The first kappa shape index (κ1) is 13.3. The molecule has 1 saturated heterocycles. The lowest BCUT2D eigenvalue weighted by Crippen LogP contribution is -2.41. The minimum Gasteiger partial charge on any atom is -0.481 e. The predicted molar refractivity (Wildman–Crippen MR) is 71.4 cm³/mol. The first-order chi connectivity index (χ1) is 8.00. The van der Waals surface area contributed by atoms with Crippen molar-refractivity contribution in [1.82, 2.24) is 0 Å². The van der Waals surface area contributed by atoms with Crippen LogP contribution in [0.3, 0.4) is 0 Å². The summed E-state index contributed by atoms with van der Waals surface area (Å²) in [6.07, 6.45) is 3.84. The molecule has 2 aliphatic rings. The van der Waals surface area contributed by atoms with Crippen LogP contribution >= 0.6 is 23.5 Å². The van der Waals surface area contributed by atoms with Gasteiger partial charge in [0, 0.05) is 23.3 Å². The Balaban J connectivity index is 2.15. The van der Waals surface area contributed by atoms with Gasteiger partial charge in [-0.1, -0.05) is 6.92 Å². The van der Waals surface area contributed by atoms with Crippen molar-refractivity contribution in [3.05, 3.63) is 0 Å². The van der Waals surface area contributed by atoms with Crippen LogP contribution in [0.5, 0.6) is 0 Å². The summed E-state index contributed by atoms with van der Waals surface area (Å²) in [4.78, 5) is 22.2. The highest BCUT2D eigenvalue weighted by atomic mass is 32.2. The van der Waals surface area contributed by atoms with Crippen molar-refractivity contribution in [3.63, 3.8) is 0 Å². The maximum Gasteiger partial charge on any atom is 0.303 e. The van der Waals surface area contributed by atoms with E-state index in [0.717, 1.165) is 37.1 Å². The molecular weight excluding hydrogens is 256 g/mol. The summed E-state index contributed by atoms with van der Waals surface area (Å²) >= 11 is 3.92. The highest BCUT2D eigenvalue weighted by molar-refractivity contribution is 8.21. The standard InChI is InChI=1S/C12H18O3S2/c1-11(8-13)2-3-12(16-4-5-17-12)7-9(11)6-10(14)15/h8-9H,2-7H2,1H3,(H,14,15). The molecule has 0 radical (unpaired) electrons. The third kappa shape index (κ3) is 2.65. The lowest BCUT2D eigenvalue weighted by atomic mass is 9.67. The number of carboxylic acid groups (broad SMARTS) is 1. The number of carbonyl (C=O) groups excluding carboxylic acids is 1. The van der Waals surface area contributed by atoms with Crippen LogP contribution in [0.1, 0.15) is 32.6 Å². The molecule has 0 aromatic rings. The van der Waals surface area contributed by atoms with E-state index in [1.807, 2.05) is 30.4 Å². The van der Waals surface area contributed by atoms with E-state index >= 15 is 0 Å². The molecule has 0 amide bonds. The van der Waals surface area contributed by atoms with Gasteiger partial charge in [-0.05, 0) is 25.2 Å². The van der Waals surface area contributed by atoms with Crippen molar-refractivity contribution in [2.24, 2.45) is 11.3 Å². The van der Waals surface area contributed by atoms with Crippen LogP contribution in [0.15, 0.2) is 0 Å². The van der Waals surface area contributed by atoms with Gasteiger partial charge in [0.15, 0.2) is 0 Å². The van der Waals surface area contributed by atoms with Gasteiger partial charge in [-0.2, -0.15) is 0 Å². The second kappa shape index (κ2) is 4.84. The predicted octanol–water partition coefficient (Wildman–Crippen LogP) is 2.64. The molecule has 2 unspecified atom stereocenters. The molecule has 5 heteroatoms. The zero-order valence-electron chi connectivity index (χ0n) is 9.98. The van der Waals surface area contributed by atoms with Crippen molar-refractivity contribution in [2.45, 2.75) is 36.7 Å². The topological polar surface area (TPSA) is 54.4 Å². The molecule has 17 heavy (non-hydrogen) atoms. The molecule has 0 aromatic carbocycles. The van der Waals surface area contributed by atoms with Crippen LogP contribution in [0, 0.1) is 11.3 Å². The van der Waals surface area contributed by atoms with Crippen molar-refractivity contribution in [3.8, 4) is 0 Å². The maximum absolute atomic E-state index is 11.3. The largest absolute Gasteiger partial charge is 0.481 e. The molecule has 0 aromatic heterocycles. The highest BCUT2D eigenvalue weighted by Crippen LogP contribution is 2.58. The van der Waals surface area contributed by atoms with E-state index in [-0.39, 0.29) is 16.4 Å². The van der Waals surface area contributed by atoms with Gasteiger partial charge in [0.25, 0.3) is 0 Å². The Morgan fingerprint density at radius 1 is 1.41 bits per heavy atom. The molecule has 1 aliphatic carbocycles. The number of aldehydes is 1. The Bertz CT molecular complexity index is 326. The number of aliphatic carboxylic acids is 1. The molecular formula is C12H18O3S2. The first-order valence-electron chi connectivity index (χ1n) is 5.96. The van der Waals surface area contributed by atoms with Gasteiger partial charge in [0.05, 0.1) is 4.08 Å². The van der Waals surface area contributed by atoms with Crippen LogP contribution in [0.4, 0.5) is 0 Å². The van der Waals surface area contributed by atoms with Crippen molar-refractivity contribution < 1.29 is 14.7 Å². The average molecular weight is 274 g/mol. The Morgan fingerprint density at radius 2 is 2.06 bits per heavy atom. The molecule has 1 spiro atoms. The lowest BCUT2D eigenvalue weighted by molar-refractivity contribution is -0.140. The van der Waals surface area contributed by atoms with E-state index in [0.29, 0.717) is 0 Å². The fourth-order valence-corrected chi connectivity index (χ4v) is 6.18. The summed E-state index contributed by atoms with van der Waals surface area (Å²) in [7, 11) is 0. The van der Waals surface area contributed by atoms with Crippen molar-refractivity contribution in [2.75, 3.05) is 11.5 Å². The van der Waals surface area contributed by atoms with E-state index < -0.39 is 11.4 Å². The number of carboxylic acids is 1. The number of carbonyl (C=O) groups is 2. The molecule has 96 valence electrons. The Morgan fingerprint density at radius 3 is 2.59 bits per heavy atom. The van der Waals surface area contributed by atoms with Gasteiger partial charge in [-0.3, -0.25) is 4.79 Å². The molecule has 2 rings (SSSR count). The van der Waals surface area contributed by atoms with Crippen LogP contribution in [-0.4, -0.2) is 32.9 Å². The lowest BCUT2D eigenvalue weighted by Gasteiger charge is -2.45. The zero-order valence-corrected chi connectivity index (χ0v) is 11.6. The van der Waals surface area contributed by atoms with E-state index in [9.17, 15) is 9.59 Å². The van der Waals surface area contributed by atoms with Gasteiger partial charge in [-0.25, -0.2) is 0 Å². The second-order valence-corrected chi connectivity index (χ2v) is 8.45. The number of thioether (sulfide) groups is 2. The molecule has 1 aliphatic heterocycles. The van der Waals surface area contributed by atoms with E-state index in [1.54, 1.807) is 0 Å². The fourth-order valence-electron chi connectivity index (χ4n) is 2.81. The van der Waals surface area contributed by atoms with Crippen molar-refractivity contribution >= 4 is 35.8 Å². The van der Waals surface area contributed by atoms with Crippen LogP contribution in [0.25, 0.3) is 0 Å². The third-order valence-electron chi connectivity index (χ3n) is 4.04. The van der Waals surface area contributed by atoms with Gasteiger partial charge in [0.2, 0.25) is 0 Å². The van der Waals surface area contributed by atoms with Gasteiger partial charge >= 0.3 is 5.97 Å². The van der Waals surface area contributed by atoms with Gasteiger partial charge in [0.1, 0.15) is 6.29 Å². The molecule has 1 N–H and O–H groups in total. The van der Waals surface area contributed by atoms with Crippen LogP contribution in [-0.2, 0) is 9.59 Å². The molecule has 1 saturated carbocycles. The summed E-state index contributed by atoms with van der Waals surface area (Å²) in [5.74, 6) is 1.52. The molecule has 0 bridgehead atoms. The zero-order chi connectivity index (χ0) is 12.5. The summed E-state index contributed by atoms with van der Waals surface area (Å²) in [5, 5.41) is 9.00. The third-order valence-corrected chi connectivity index (χ3v) is 7.61. The van der Waals surface area contributed by atoms with Crippen LogP contribution in [0.2, 0.25) is 0 Å². The molecule has 3 nitrogen and oxygen atoms in total. The van der Waals surface area contributed by atoms with Gasteiger partial charge in [-0.15, -0.1) is 23.5 Å². The summed E-state index contributed by atoms with van der Waals surface area (Å²) in [6.45, 7) is 1.92. The molecule has 2 atom stereocenters. The van der Waals surface area contributed by atoms with E-state index in [2.05, 4.69) is 0 Å². The normalized spacial score (nSPS) is 35.9. The van der Waals surface area contributed by atoms with Crippen molar-refractivity contribution in [1.29, 1.82) is 0 Å². The molecule has 2 fully saturated rings. The Hall–Kier alpha value is -0.160. The summed E-state index contributed by atoms with van der Waals surface area (Å²) in [6, 6.07) is 0. The number of hydrogen-bond acceptors (Lipinski definition) is 4. The smallest absolute Gasteiger partial charge is 0.303 e. The van der Waals surface area contributed by atoms with E-state index in [4.69, 9.17) is 5.11 Å². The van der Waals surface area contributed by atoms with Gasteiger partial charge < -0.3 is 9.90 Å². The monoisotopic (exact) mass is 274 g/mol. The average Bonchev–Trinajstić information content (AvgIpc) is 2.72. The van der Waals surface area contributed by atoms with Crippen LogP contribution < -0.4 is 0 Å². The fraction of sp³-hybridized carbons (Fsp3) is 0.833. The minimum absolute atomic E-state index is 0.00986. The number of hydrogen-bond donors (Lipinski definition) is 1. The number of rotatable bonds is 3. The first-order valence-corrected chi connectivity index (χ1v) is 7.93. The van der Waals surface area contributed by atoms with E-state index in [1.165, 1.54) is 0 Å². The Labute approximate surface area is 110 Å². The highest BCUT2D eigenvalue weighted by Gasteiger charge is 2.49. The maximum atomic E-state index is 11.3. The molecule has 1 heterocycles.